The number of ether oxygens (including phenoxy) is 1. The molecule has 1 N–H and O–H groups in total. The number of carboxylic acid groups (broad SMARTS) is 1. The molecule has 0 radical (unpaired) electrons. The Balaban J connectivity index is 2.32. The van der Waals surface area contributed by atoms with E-state index in [0.717, 1.165) is 16.9 Å². The van der Waals surface area contributed by atoms with Crippen molar-refractivity contribution in [3.8, 4) is 16.9 Å². The standard InChI is InChI=1S/C14H16N2O3/c1-3-19-11-6-4-10(5-7-11)12-9-16(2)15-13(12)8-14(17)18/h4-7,9H,3,8H2,1-2H3,(H,17,18). The van der Waals surface area contributed by atoms with Crippen LogP contribution in [0.3, 0.4) is 0 Å². The second-order valence-electron chi connectivity index (χ2n) is 4.19. The number of rotatable bonds is 5. The minimum Gasteiger partial charge on any atom is -0.494 e. The molecule has 100 valence electrons. The molecular weight excluding hydrogens is 244 g/mol. The van der Waals surface area contributed by atoms with E-state index in [1.165, 1.54) is 0 Å². The molecule has 0 amide bonds. The molecule has 1 aromatic heterocycles. The van der Waals surface area contributed by atoms with Crippen molar-refractivity contribution >= 4 is 5.97 Å². The molecule has 1 aromatic carbocycles. The first-order valence-corrected chi connectivity index (χ1v) is 6.07. The van der Waals surface area contributed by atoms with Crippen molar-refractivity contribution in [2.75, 3.05) is 6.61 Å². The Labute approximate surface area is 111 Å². The number of carboxylic acids is 1. The quantitative estimate of drug-likeness (QED) is 0.894. The van der Waals surface area contributed by atoms with Crippen molar-refractivity contribution in [3.63, 3.8) is 0 Å². The summed E-state index contributed by atoms with van der Waals surface area (Å²) in [6.07, 6.45) is 1.75. The minimum atomic E-state index is -0.883. The van der Waals surface area contributed by atoms with Crippen molar-refractivity contribution in [2.45, 2.75) is 13.3 Å². The maximum atomic E-state index is 10.8. The number of hydrogen-bond donors (Lipinski definition) is 1. The molecule has 0 atom stereocenters. The predicted octanol–water partition coefficient (Wildman–Crippen LogP) is 2.11. The number of nitrogens with zero attached hydrogens (tertiary/aromatic N) is 2. The number of aliphatic carboxylic acids is 1. The predicted molar refractivity (Wildman–Crippen MR) is 71.2 cm³/mol. The van der Waals surface area contributed by atoms with E-state index in [-0.39, 0.29) is 6.42 Å². The van der Waals surface area contributed by atoms with Gasteiger partial charge < -0.3 is 9.84 Å². The molecule has 1 heterocycles. The number of hydrogen-bond acceptors (Lipinski definition) is 3. The summed E-state index contributed by atoms with van der Waals surface area (Å²) in [4.78, 5) is 10.8. The molecule has 0 saturated carbocycles. The third-order valence-electron chi connectivity index (χ3n) is 2.70. The fraction of sp³-hybridized carbons (Fsp3) is 0.286. The molecule has 0 fully saturated rings. The van der Waals surface area contributed by atoms with E-state index in [1.54, 1.807) is 11.7 Å². The first-order valence-electron chi connectivity index (χ1n) is 6.07. The summed E-state index contributed by atoms with van der Waals surface area (Å²) in [7, 11) is 1.78. The molecule has 0 aliphatic rings. The van der Waals surface area contributed by atoms with Crippen molar-refractivity contribution in [1.29, 1.82) is 0 Å². The molecule has 2 rings (SSSR count). The molecule has 19 heavy (non-hydrogen) atoms. The van der Waals surface area contributed by atoms with Crippen LogP contribution in [0.5, 0.6) is 5.75 Å². The van der Waals surface area contributed by atoms with Gasteiger partial charge in [-0.2, -0.15) is 5.10 Å². The first-order chi connectivity index (χ1) is 9.10. The monoisotopic (exact) mass is 260 g/mol. The van der Waals surface area contributed by atoms with Gasteiger partial charge in [0.2, 0.25) is 0 Å². The fourth-order valence-corrected chi connectivity index (χ4v) is 1.95. The summed E-state index contributed by atoms with van der Waals surface area (Å²) in [5.41, 5.74) is 2.35. The van der Waals surface area contributed by atoms with Gasteiger partial charge >= 0.3 is 5.97 Å². The first kappa shape index (κ1) is 13.1. The van der Waals surface area contributed by atoms with Gasteiger partial charge in [-0.25, -0.2) is 0 Å². The Morgan fingerprint density at radius 3 is 2.63 bits per heavy atom. The number of carbonyl (C=O) groups is 1. The molecular formula is C14H16N2O3. The highest BCUT2D eigenvalue weighted by Crippen LogP contribution is 2.25. The minimum absolute atomic E-state index is 0.0800. The molecule has 0 aliphatic carbocycles. The van der Waals surface area contributed by atoms with Crippen LogP contribution in [0.2, 0.25) is 0 Å². The van der Waals surface area contributed by atoms with Gasteiger partial charge in [0.05, 0.1) is 18.7 Å². The van der Waals surface area contributed by atoms with E-state index < -0.39 is 5.97 Å². The van der Waals surface area contributed by atoms with Gasteiger partial charge in [0, 0.05) is 18.8 Å². The summed E-state index contributed by atoms with van der Waals surface area (Å²) >= 11 is 0. The van der Waals surface area contributed by atoms with E-state index in [2.05, 4.69) is 5.10 Å². The van der Waals surface area contributed by atoms with Crippen LogP contribution in [0, 0.1) is 0 Å². The zero-order chi connectivity index (χ0) is 13.8. The van der Waals surface area contributed by atoms with E-state index in [0.29, 0.717) is 12.3 Å². The molecule has 2 aromatic rings. The average Bonchev–Trinajstić information content (AvgIpc) is 2.71. The fourth-order valence-electron chi connectivity index (χ4n) is 1.95. The van der Waals surface area contributed by atoms with E-state index >= 15 is 0 Å². The van der Waals surface area contributed by atoms with E-state index in [1.807, 2.05) is 37.4 Å². The largest absolute Gasteiger partial charge is 0.494 e. The summed E-state index contributed by atoms with van der Waals surface area (Å²) < 4.78 is 7.01. The van der Waals surface area contributed by atoms with Crippen molar-refractivity contribution in [3.05, 3.63) is 36.2 Å². The van der Waals surface area contributed by atoms with Crippen LogP contribution in [-0.4, -0.2) is 27.5 Å². The molecule has 5 nitrogen and oxygen atoms in total. The zero-order valence-corrected chi connectivity index (χ0v) is 11.0. The summed E-state index contributed by atoms with van der Waals surface area (Å²) in [5.74, 6) is -0.0826. The Kier molecular flexibility index (Phi) is 3.85. The van der Waals surface area contributed by atoms with Crippen LogP contribution >= 0.6 is 0 Å². The van der Waals surface area contributed by atoms with Gasteiger partial charge in [-0.3, -0.25) is 9.48 Å². The Hall–Kier alpha value is -2.30. The van der Waals surface area contributed by atoms with Gasteiger partial charge in [0.25, 0.3) is 0 Å². The SMILES string of the molecule is CCOc1ccc(-c2cn(C)nc2CC(=O)O)cc1. The van der Waals surface area contributed by atoms with Gasteiger partial charge in [0.15, 0.2) is 0 Å². The average molecular weight is 260 g/mol. The molecule has 0 bridgehead atoms. The highest BCUT2D eigenvalue weighted by Gasteiger charge is 2.13. The van der Waals surface area contributed by atoms with Gasteiger partial charge in [-0.05, 0) is 24.6 Å². The number of benzene rings is 1. The summed E-state index contributed by atoms with van der Waals surface area (Å²) in [5, 5.41) is 13.1. The second kappa shape index (κ2) is 5.56. The highest BCUT2D eigenvalue weighted by molar-refractivity contribution is 5.75. The third-order valence-corrected chi connectivity index (χ3v) is 2.70. The van der Waals surface area contributed by atoms with Crippen LogP contribution in [0.15, 0.2) is 30.5 Å². The van der Waals surface area contributed by atoms with Crippen molar-refractivity contribution in [1.82, 2.24) is 9.78 Å². The molecule has 5 heteroatoms. The van der Waals surface area contributed by atoms with Crippen LogP contribution < -0.4 is 4.74 Å². The number of aryl methyl sites for hydroxylation is 1. The smallest absolute Gasteiger partial charge is 0.309 e. The lowest BCUT2D eigenvalue weighted by Crippen LogP contribution is -2.02. The zero-order valence-electron chi connectivity index (χ0n) is 11.0. The maximum Gasteiger partial charge on any atom is 0.309 e. The number of aromatic nitrogens is 2. The topological polar surface area (TPSA) is 64.4 Å². The Morgan fingerprint density at radius 2 is 2.05 bits per heavy atom. The van der Waals surface area contributed by atoms with Crippen molar-refractivity contribution in [2.24, 2.45) is 7.05 Å². The highest BCUT2D eigenvalue weighted by atomic mass is 16.5. The lowest BCUT2D eigenvalue weighted by atomic mass is 10.1. The second-order valence-corrected chi connectivity index (χ2v) is 4.19. The lowest BCUT2D eigenvalue weighted by Gasteiger charge is -2.04. The van der Waals surface area contributed by atoms with Gasteiger partial charge in [-0.1, -0.05) is 12.1 Å². The van der Waals surface area contributed by atoms with Crippen LogP contribution in [0.1, 0.15) is 12.6 Å². The van der Waals surface area contributed by atoms with E-state index in [4.69, 9.17) is 9.84 Å². The van der Waals surface area contributed by atoms with Gasteiger partial charge in [0.1, 0.15) is 5.75 Å². The molecule has 0 spiro atoms. The molecule has 0 unspecified atom stereocenters. The van der Waals surface area contributed by atoms with Crippen molar-refractivity contribution < 1.29 is 14.6 Å². The Morgan fingerprint density at radius 1 is 1.37 bits per heavy atom. The Bertz CT molecular complexity index is 573. The van der Waals surface area contributed by atoms with E-state index in [9.17, 15) is 4.79 Å². The van der Waals surface area contributed by atoms with Gasteiger partial charge in [-0.15, -0.1) is 0 Å². The summed E-state index contributed by atoms with van der Waals surface area (Å²) in [6, 6.07) is 7.56. The maximum absolute atomic E-state index is 10.8. The normalized spacial score (nSPS) is 10.4. The van der Waals surface area contributed by atoms with Crippen LogP contribution in [0.25, 0.3) is 11.1 Å². The molecule has 0 aliphatic heterocycles. The van der Waals surface area contributed by atoms with Crippen LogP contribution in [-0.2, 0) is 18.3 Å². The molecule has 0 saturated heterocycles. The third kappa shape index (κ3) is 3.13. The lowest BCUT2D eigenvalue weighted by molar-refractivity contribution is -0.136. The van der Waals surface area contributed by atoms with Crippen LogP contribution in [0.4, 0.5) is 0 Å². The summed E-state index contributed by atoms with van der Waals surface area (Å²) in [6.45, 7) is 2.55.